The zero-order valence-corrected chi connectivity index (χ0v) is 14.2. The zero-order chi connectivity index (χ0) is 15.7. The lowest BCUT2D eigenvalue weighted by molar-refractivity contribution is -0.119. The molecule has 2 aromatic rings. The number of rotatable bonds is 2. The number of amides is 1. The highest BCUT2D eigenvalue weighted by atomic mass is 32.2. The van der Waals surface area contributed by atoms with Crippen LogP contribution in [0.1, 0.15) is 19.0 Å². The number of para-hydroxylation sites is 1. The van der Waals surface area contributed by atoms with E-state index in [0.717, 1.165) is 34.0 Å². The largest absolute Gasteiger partial charge is 0.310 e. The molecule has 22 heavy (non-hydrogen) atoms. The summed E-state index contributed by atoms with van der Waals surface area (Å²) in [5.41, 5.74) is 1.80. The van der Waals surface area contributed by atoms with Gasteiger partial charge in [0.1, 0.15) is 6.54 Å². The highest BCUT2D eigenvalue weighted by Gasteiger charge is 2.24. The number of carbonyl (C=O) groups is 1. The van der Waals surface area contributed by atoms with Crippen LogP contribution >= 0.6 is 23.1 Å². The molecule has 0 bridgehead atoms. The summed E-state index contributed by atoms with van der Waals surface area (Å²) in [5, 5.41) is 2.27. The molecule has 1 aliphatic heterocycles. The Hall–Kier alpha value is -1.53. The van der Waals surface area contributed by atoms with E-state index in [0.29, 0.717) is 11.8 Å². The number of thiazole rings is 1. The van der Waals surface area contributed by atoms with Gasteiger partial charge in [-0.1, -0.05) is 30.4 Å². The highest BCUT2D eigenvalue weighted by Crippen LogP contribution is 2.37. The molecule has 0 spiro atoms. The summed E-state index contributed by atoms with van der Waals surface area (Å²) in [6.45, 7) is 4.85. The van der Waals surface area contributed by atoms with Crippen molar-refractivity contribution in [3.05, 3.63) is 45.0 Å². The predicted octanol–water partition coefficient (Wildman–Crippen LogP) is 3.14. The van der Waals surface area contributed by atoms with Crippen molar-refractivity contribution in [2.75, 3.05) is 11.4 Å². The van der Waals surface area contributed by atoms with E-state index in [-0.39, 0.29) is 17.3 Å². The third-order valence-corrected chi connectivity index (χ3v) is 5.93. The Kier molecular flexibility index (Phi) is 4.40. The molecule has 0 N–H and O–H groups in total. The van der Waals surface area contributed by atoms with Gasteiger partial charge in [0.2, 0.25) is 5.91 Å². The van der Waals surface area contributed by atoms with Crippen LogP contribution in [0.3, 0.4) is 0 Å². The summed E-state index contributed by atoms with van der Waals surface area (Å²) < 4.78 is 1.55. The van der Waals surface area contributed by atoms with Gasteiger partial charge in [-0.25, -0.2) is 0 Å². The van der Waals surface area contributed by atoms with Crippen molar-refractivity contribution in [1.82, 2.24) is 4.57 Å². The summed E-state index contributed by atoms with van der Waals surface area (Å²) in [7, 11) is 0. The van der Waals surface area contributed by atoms with E-state index in [2.05, 4.69) is 13.0 Å². The van der Waals surface area contributed by atoms with Gasteiger partial charge in [-0.05, 0) is 25.5 Å². The van der Waals surface area contributed by atoms with Gasteiger partial charge in [-0.3, -0.25) is 14.2 Å². The van der Waals surface area contributed by atoms with Crippen molar-refractivity contribution < 1.29 is 4.79 Å². The number of aromatic nitrogens is 1. The average Bonchev–Trinajstić information content (AvgIpc) is 2.72. The molecule has 116 valence electrons. The Bertz CT molecular complexity index is 751. The highest BCUT2D eigenvalue weighted by molar-refractivity contribution is 8.00. The van der Waals surface area contributed by atoms with Crippen molar-refractivity contribution in [3.63, 3.8) is 0 Å². The minimum absolute atomic E-state index is 0.0225. The van der Waals surface area contributed by atoms with Crippen LogP contribution in [-0.2, 0) is 11.3 Å². The van der Waals surface area contributed by atoms with E-state index >= 15 is 0 Å². The molecule has 1 unspecified atom stereocenters. The van der Waals surface area contributed by atoms with Crippen LogP contribution in [-0.4, -0.2) is 22.3 Å². The molecule has 4 nitrogen and oxygen atoms in total. The maximum Gasteiger partial charge on any atom is 0.307 e. The normalized spacial score (nSPS) is 17.9. The standard InChI is InChI=1S/C16H18N2O2S2/c1-11-10-21-16(20)18(11)9-15(19)17-8-7-12(2)22-14-6-4-3-5-13(14)17/h3-6,10,12H,7-9H2,1-2H3. The minimum atomic E-state index is -0.0725. The minimum Gasteiger partial charge on any atom is -0.310 e. The summed E-state index contributed by atoms with van der Waals surface area (Å²) in [5.74, 6) is -0.0225. The number of aryl methyl sites for hydroxylation is 1. The first-order chi connectivity index (χ1) is 10.6. The summed E-state index contributed by atoms with van der Waals surface area (Å²) in [6, 6.07) is 8.00. The molecule has 1 amide bonds. The maximum atomic E-state index is 12.8. The lowest BCUT2D eigenvalue weighted by atomic mass is 10.2. The van der Waals surface area contributed by atoms with Gasteiger partial charge in [-0.15, -0.1) is 11.8 Å². The first kappa shape index (κ1) is 15.4. The quantitative estimate of drug-likeness (QED) is 0.847. The maximum absolute atomic E-state index is 12.8. The average molecular weight is 334 g/mol. The topological polar surface area (TPSA) is 42.3 Å². The van der Waals surface area contributed by atoms with Crippen LogP contribution in [0, 0.1) is 6.92 Å². The number of fused-ring (bicyclic) bond motifs is 1. The first-order valence-electron chi connectivity index (χ1n) is 7.27. The van der Waals surface area contributed by atoms with Gasteiger partial charge < -0.3 is 4.90 Å². The molecule has 1 aromatic heterocycles. The molecule has 1 aliphatic rings. The molecule has 0 aliphatic carbocycles. The van der Waals surface area contributed by atoms with E-state index < -0.39 is 0 Å². The second-order valence-corrected chi connectivity index (χ2v) is 7.76. The van der Waals surface area contributed by atoms with E-state index in [1.165, 1.54) is 0 Å². The Morgan fingerprint density at radius 2 is 2.14 bits per heavy atom. The fourth-order valence-electron chi connectivity index (χ4n) is 2.56. The van der Waals surface area contributed by atoms with Crippen molar-refractivity contribution in [2.45, 2.75) is 37.0 Å². The molecule has 0 radical (unpaired) electrons. The Morgan fingerprint density at radius 3 is 2.86 bits per heavy atom. The number of carbonyl (C=O) groups excluding carboxylic acids is 1. The van der Waals surface area contributed by atoms with E-state index in [1.54, 1.807) is 9.95 Å². The second kappa shape index (κ2) is 6.30. The van der Waals surface area contributed by atoms with Crippen LogP contribution < -0.4 is 9.77 Å². The molecular formula is C16H18N2O2S2. The van der Waals surface area contributed by atoms with Gasteiger partial charge in [-0.2, -0.15) is 0 Å². The third kappa shape index (κ3) is 2.98. The first-order valence-corrected chi connectivity index (χ1v) is 9.03. The predicted molar refractivity (Wildman–Crippen MR) is 92.0 cm³/mol. The van der Waals surface area contributed by atoms with E-state index in [4.69, 9.17) is 0 Å². The molecule has 0 fully saturated rings. The van der Waals surface area contributed by atoms with Gasteiger partial charge in [0.05, 0.1) is 5.69 Å². The van der Waals surface area contributed by atoms with Crippen LogP contribution in [0.25, 0.3) is 0 Å². The van der Waals surface area contributed by atoms with Crippen molar-refractivity contribution in [1.29, 1.82) is 0 Å². The summed E-state index contributed by atoms with van der Waals surface area (Å²) in [6.07, 6.45) is 0.947. The second-order valence-electron chi connectivity index (χ2n) is 5.46. The smallest absolute Gasteiger partial charge is 0.307 e. The van der Waals surface area contributed by atoms with Crippen LogP contribution in [0.5, 0.6) is 0 Å². The SMILES string of the molecule is Cc1csc(=O)n1CC(=O)N1CCC(C)Sc2ccccc21. The molecule has 0 saturated carbocycles. The van der Waals surface area contributed by atoms with Gasteiger partial charge in [0, 0.05) is 27.8 Å². The number of hydrogen-bond acceptors (Lipinski definition) is 4. The van der Waals surface area contributed by atoms with Gasteiger partial charge in [0.25, 0.3) is 0 Å². The number of hydrogen-bond donors (Lipinski definition) is 0. The van der Waals surface area contributed by atoms with E-state index in [1.807, 2.05) is 41.8 Å². The fourth-order valence-corrected chi connectivity index (χ4v) is 4.41. The van der Waals surface area contributed by atoms with Crippen LogP contribution in [0.4, 0.5) is 5.69 Å². The molecule has 1 aromatic carbocycles. The number of benzene rings is 1. The van der Waals surface area contributed by atoms with Gasteiger partial charge in [0.15, 0.2) is 0 Å². The Labute approximate surface area is 137 Å². The van der Waals surface area contributed by atoms with Gasteiger partial charge >= 0.3 is 4.87 Å². The summed E-state index contributed by atoms with van der Waals surface area (Å²) in [4.78, 5) is 27.5. The monoisotopic (exact) mass is 334 g/mol. The third-order valence-electron chi connectivity index (χ3n) is 3.81. The lowest BCUT2D eigenvalue weighted by Gasteiger charge is -2.22. The molecular weight excluding hydrogens is 316 g/mol. The lowest BCUT2D eigenvalue weighted by Crippen LogP contribution is -2.36. The number of thioether (sulfide) groups is 1. The van der Waals surface area contributed by atoms with Crippen LogP contribution in [0.15, 0.2) is 39.3 Å². The van der Waals surface area contributed by atoms with Crippen LogP contribution in [0.2, 0.25) is 0 Å². The summed E-state index contributed by atoms with van der Waals surface area (Å²) >= 11 is 2.95. The molecule has 0 saturated heterocycles. The van der Waals surface area contributed by atoms with Crippen molar-refractivity contribution in [3.8, 4) is 0 Å². The van der Waals surface area contributed by atoms with Crippen molar-refractivity contribution >= 4 is 34.7 Å². The zero-order valence-electron chi connectivity index (χ0n) is 12.6. The van der Waals surface area contributed by atoms with E-state index in [9.17, 15) is 9.59 Å². The molecule has 6 heteroatoms. The molecule has 1 atom stereocenters. The Balaban J connectivity index is 1.91. The molecule has 3 rings (SSSR count). The number of anilines is 1. The van der Waals surface area contributed by atoms with Crippen molar-refractivity contribution in [2.24, 2.45) is 0 Å². The number of nitrogens with zero attached hydrogens (tertiary/aromatic N) is 2. The fraction of sp³-hybridized carbons (Fsp3) is 0.375. The Morgan fingerprint density at radius 1 is 1.36 bits per heavy atom. The molecule has 2 heterocycles.